The second-order valence-corrected chi connectivity index (χ2v) is 2.30. The Kier molecular flexibility index (Phi) is 19.3. The molecule has 0 saturated carbocycles. The molecule has 0 aliphatic heterocycles. The first-order chi connectivity index (χ1) is 4.13. The van der Waals surface area contributed by atoms with Crippen LogP contribution in [0.5, 0.6) is 0 Å². The molecule has 2 nitrogen and oxygen atoms in total. The van der Waals surface area contributed by atoms with E-state index < -0.39 is 0 Å². The van der Waals surface area contributed by atoms with E-state index in [4.69, 9.17) is 0 Å². The standard InChI is InChI=1S/C5H14N2.C2H6.CH4/c1-6(2)5-7(3)4;1-2;/h5H2,1-4H3;1-2H3;1H4. The highest BCUT2D eigenvalue weighted by Crippen LogP contribution is 1.74. The highest BCUT2D eigenvalue weighted by molar-refractivity contribution is 4.35. The van der Waals surface area contributed by atoms with Crippen molar-refractivity contribution in [3.05, 3.63) is 0 Å². The molecule has 0 bridgehead atoms. The van der Waals surface area contributed by atoms with Gasteiger partial charge in [-0.1, -0.05) is 21.3 Å². The lowest BCUT2D eigenvalue weighted by Gasteiger charge is -2.14. The normalized spacial score (nSPS) is 8.40. The maximum atomic E-state index is 2.12. The Hall–Kier alpha value is -0.0800. The van der Waals surface area contributed by atoms with Gasteiger partial charge in [-0.25, -0.2) is 0 Å². The summed E-state index contributed by atoms with van der Waals surface area (Å²) >= 11 is 0. The lowest BCUT2D eigenvalue weighted by atomic mass is 10.8. The van der Waals surface area contributed by atoms with Gasteiger partial charge < -0.3 is 0 Å². The maximum absolute atomic E-state index is 2.12. The number of hydrogen-bond acceptors (Lipinski definition) is 2. The Morgan fingerprint density at radius 2 is 1.00 bits per heavy atom. The molecular weight excluding hydrogens is 124 g/mol. The summed E-state index contributed by atoms with van der Waals surface area (Å²) in [5.74, 6) is 0. The quantitative estimate of drug-likeness (QED) is 0.550. The average molecular weight is 148 g/mol. The van der Waals surface area contributed by atoms with E-state index in [1.165, 1.54) is 0 Å². The summed E-state index contributed by atoms with van der Waals surface area (Å²) in [6, 6.07) is 0. The Labute approximate surface area is 66.8 Å². The van der Waals surface area contributed by atoms with E-state index in [2.05, 4.69) is 38.0 Å². The molecule has 0 aromatic rings. The molecule has 0 atom stereocenters. The van der Waals surface area contributed by atoms with E-state index in [1.807, 2.05) is 13.8 Å². The SMILES string of the molecule is C.CC.CN(C)CN(C)C. The third-order valence-corrected chi connectivity index (χ3v) is 0.566. The van der Waals surface area contributed by atoms with Crippen LogP contribution in [0.2, 0.25) is 0 Å². The van der Waals surface area contributed by atoms with Crippen molar-refractivity contribution in [1.82, 2.24) is 9.80 Å². The highest BCUT2D eigenvalue weighted by atomic mass is 15.2. The Balaban J connectivity index is -0.000000149. The Morgan fingerprint density at radius 1 is 0.800 bits per heavy atom. The van der Waals surface area contributed by atoms with E-state index >= 15 is 0 Å². The van der Waals surface area contributed by atoms with Crippen molar-refractivity contribution in [2.75, 3.05) is 34.9 Å². The molecule has 0 aliphatic carbocycles. The lowest BCUT2D eigenvalue weighted by molar-refractivity contribution is 0.245. The Morgan fingerprint density at radius 3 is 1.00 bits per heavy atom. The van der Waals surface area contributed by atoms with Crippen LogP contribution in [0.3, 0.4) is 0 Å². The van der Waals surface area contributed by atoms with Crippen LogP contribution in [-0.4, -0.2) is 44.7 Å². The van der Waals surface area contributed by atoms with Gasteiger partial charge in [0.1, 0.15) is 0 Å². The van der Waals surface area contributed by atoms with Gasteiger partial charge in [0.2, 0.25) is 0 Å². The monoisotopic (exact) mass is 148 g/mol. The minimum absolute atomic E-state index is 0. The van der Waals surface area contributed by atoms with Gasteiger partial charge in [0.25, 0.3) is 0 Å². The van der Waals surface area contributed by atoms with E-state index in [-0.39, 0.29) is 7.43 Å². The van der Waals surface area contributed by atoms with Gasteiger partial charge in [-0.15, -0.1) is 0 Å². The summed E-state index contributed by atoms with van der Waals surface area (Å²) in [6.45, 7) is 5.03. The zero-order valence-electron chi connectivity index (χ0n) is 7.60. The summed E-state index contributed by atoms with van der Waals surface area (Å²) < 4.78 is 0. The van der Waals surface area contributed by atoms with Crippen LogP contribution in [0.4, 0.5) is 0 Å². The summed E-state index contributed by atoms with van der Waals surface area (Å²) in [5, 5.41) is 0. The predicted octanol–water partition coefficient (Wildman–Crippen LogP) is 1.73. The van der Waals surface area contributed by atoms with Crippen LogP contribution in [0, 0.1) is 0 Å². The van der Waals surface area contributed by atoms with Gasteiger partial charge in [-0.05, 0) is 28.2 Å². The van der Waals surface area contributed by atoms with Crippen LogP contribution in [0.15, 0.2) is 0 Å². The molecule has 0 rings (SSSR count). The average Bonchev–Trinajstić information content (AvgIpc) is 1.68. The molecule has 0 spiro atoms. The van der Waals surface area contributed by atoms with Gasteiger partial charge in [-0.3, -0.25) is 9.80 Å². The number of nitrogens with zero attached hydrogens (tertiary/aromatic N) is 2. The van der Waals surface area contributed by atoms with Gasteiger partial charge in [-0.2, -0.15) is 0 Å². The first-order valence-corrected chi connectivity index (χ1v) is 3.42. The van der Waals surface area contributed by atoms with Crippen LogP contribution < -0.4 is 0 Å². The fourth-order valence-electron chi connectivity index (χ4n) is 0.566. The summed E-state index contributed by atoms with van der Waals surface area (Å²) in [4.78, 5) is 4.25. The molecule has 0 fully saturated rings. The van der Waals surface area contributed by atoms with Crippen LogP contribution in [0.1, 0.15) is 21.3 Å². The fraction of sp³-hybridized carbons (Fsp3) is 1.00. The zero-order chi connectivity index (χ0) is 7.86. The molecular formula is C8H24N2. The van der Waals surface area contributed by atoms with Crippen LogP contribution in [-0.2, 0) is 0 Å². The van der Waals surface area contributed by atoms with Crippen molar-refractivity contribution in [3.8, 4) is 0 Å². The summed E-state index contributed by atoms with van der Waals surface area (Å²) in [6.07, 6.45) is 0. The molecule has 0 N–H and O–H groups in total. The van der Waals surface area contributed by atoms with Crippen LogP contribution >= 0.6 is 0 Å². The largest absolute Gasteiger partial charge is 0.297 e. The molecule has 0 aromatic heterocycles. The molecule has 0 radical (unpaired) electrons. The van der Waals surface area contributed by atoms with E-state index in [0.717, 1.165) is 6.67 Å². The van der Waals surface area contributed by atoms with E-state index in [0.29, 0.717) is 0 Å². The smallest absolute Gasteiger partial charge is 0.0495 e. The first-order valence-electron chi connectivity index (χ1n) is 3.42. The molecule has 66 valence electrons. The van der Waals surface area contributed by atoms with Gasteiger partial charge in [0, 0.05) is 6.67 Å². The molecule has 0 unspecified atom stereocenters. The van der Waals surface area contributed by atoms with Crippen molar-refractivity contribution < 1.29 is 0 Å². The number of hydrogen-bond donors (Lipinski definition) is 0. The van der Waals surface area contributed by atoms with Crippen molar-refractivity contribution in [2.24, 2.45) is 0 Å². The van der Waals surface area contributed by atoms with E-state index in [9.17, 15) is 0 Å². The molecule has 0 saturated heterocycles. The van der Waals surface area contributed by atoms with Crippen LogP contribution in [0.25, 0.3) is 0 Å². The van der Waals surface area contributed by atoms with E-state index in [1.54, 1.807) is 0 Å². The lowest BCUT2D eigenvalue weighted by Crippen LogP contribution is -2.26. The second kappa shape index (κ2) is 11.7. The third-order valence-electron chi connectivity index (χ3n) is 0.566. The number of rotatable bonds is 2. The molecule has 0 heterocycles. The molecule has 0 aromatic carbocycles. The summed E-state index contributed by atoms with van der Waals surface area (Å²) in [7, 11) is 8.22. The zero-order valence-corrected chi connectivity index (χ0v) is 7.60. The van der Waals surface area contributed by atoms with Crippen molar-refractivity contribution in [3.63, 3.8) is 0 Å². The molecule has 2 heteroatoms. The molecule has 0 amide bonds. The van der Waals surface area contributed by atoms with Gasteiger partial charge in [0.05, 0.1) is 0 Å². The minimum Gasteiger partial charge on any atom is -0.297 e. The highest BCUT2D eigenvalue weighted by Gasteiger charge is 1.87. The predicted molar refractivity (Wildman–Crippen MR) is 50.3 cm³/mol. The topological polar surface area (TPSA) is 6.48 Å². The third kappa shape index (κ3) is 24.7. The minimum atomic E-state index is 0. The molecule has 0 aliphatic rings. The van der Waals surface area contributed by atoms with Gasteiger partial charge >= 0.3 is 0 Å². The summed E-state index contributed by atoms with van der Waals surface area (Å²) in [5.41, 5.74) is 0. The Bertz CT molecular complexity index is 36.5. The maximum Gasteiger partial charge on any atom is 0.0495 e. The van der Waals surface area contributed by atoms with Crippen molar-refractivity contribution in [1.29, 1.82) is 0 Å². The molecule has 10 heavy (non-hydrogen) atoms. The fourth-order valence-corrected chi connectivity index (χ4v) is 0.566. The van der Waals surface area contributed by atoms with Crippen molar-refractivity contribution in [2.45, 2.75) is 21.3 Å². The van der Waals surface area contributed by atoms with Crippen molar-refractivity contribution >= 4 is 0 Å². The van der Waals surface area contributed by atoms with Gasteiger partial charge in [0.15, 0.2) is 0 Å². The first kappa shape index (κ1) is 16.5. The second-order valence-electron chi connectivity index (χ2n) is 2.30.